The molecule has 1 rings (SSSR count). The minimum Gasteiger partial charge on any atom is -0.480 e. The van der Waals surface area contributed by atoms with Crippen LogP contribution in [0.3, 0.4) is 0 Å². The number of carboxylic acids is 1. The number of hydrogen-bond donors (Lipinski definition) is 2. The topological polar surface area (TPSA) is 110 Å². The quantitative estimate of drug-likeness (QED) is 0.716. The molecule has 0 heterocycles. The third-order valence-corrected chi connectivity index (χ3v) is 4.90. The van der Waals surface area contributed by atoms with E-state index in [1.165, 1.54) is 13.2 Å². The van der Waals surface area contributed by atoms with E-state index in [9.17, 15) is 18.0 Å². The highest BCUT2D eigenvalue weighted by Crippen LogP contribution is 2.23. The lowest BCUT2D eigenvalue weighted by Gasteiger charge is -2.17. The number of carbonyl (C=O) groups excluding carboxylic acids is 1. The van der Waals surface area contributed by atoms with Gasteiger partial charge in [-0.2, -0.15) is 4.72 Å². The average molecular weight is 364 g/mol. The van der Waals surface area contributed by atoms with E-state index < -0.39 is 28.0 Å². The number of rotatable bonds is 7. The van der Waals surface area contributed by atoms with E-state index in [2.05, 4.69) is 9.46 Å². The molecule has 0 aliphatic heterocycles. The number of halogens is 1. The van der Waals surface area contributed by atoms with E-state index in [0.717, 1.165) is 12.1 Å². The molecule has 0 amide bonds. The molecule has 9 heteroatoms. The van der Waals surface area contributed by atoms with Crippen molar-refractivity contribution in [2.24, 2.45) is 5.92 Å². The largest absolute Gasteiger partial charge is 0.480 e. The Bertz CT molecular complexity index is 701. The van der Waals surface area contributed by atoms with Crippen LogP contribution in [0.25, 0.3) is 0 Å². The first-order valence-electron chi connectivity index (χ1n) is 6.71. The number of carboxylic acid groups (broad SMARTS) is 1. The van der Waals surface area contributed by atoms with Crippen molar-refractivity contribution in [3.63, 3.8) is 0 Å². The van der Waals surface area contributed by atoms with Crippen molar-refractivity contribution < 1.29 is 27.9 Å². The highest BCUT2D eigenvalue weighted by molar-refractivity contribution is 7.89. The summed E-state index contributed by atoms with van der Waals surface area (Å²) in [5.74, 6) is -1.95. The number of esters is 1. The van der Waals surface area contributed by atoms with Crippen molar-refractivity contribution in [3.8, 4) is 0 Å². The summed E-state index contributed by atoms with van der Waals surface area (Å²) in [6.07, 6.45) is 0.131. The number of nitrogens with one attached hydrogen (secondary N) is 1. The zero-order valence-corrected chi connectivity index (χ0v) is 14.4. The molecular formula is C14H18ClNO6S. The molecule has 0 saturated heterocycles. The number of hydrogen-bond acceptors (Lipinski definition) is 5. The number of methoxy groups -OCH3 is 1. The molecule has 0 saturated carbocycles. The molecule has 0 radical (unpaired) electrons. The van der Waals surface area contributed by atoms with Gasteiger partial charge in [-0.1, -0.05) is 25.4 Å². The molecule has 0 aliphatic rings. The maximum Gasteiger partial charge on any atom is 0.337 e. The van der Waals surface area contributed by atoms with Crippen LogP contribution < -0.4 is 4.72 Å². The van der Waals surface area contributed by atoms with Crippen molar-refractivity contribution in [1.82, 2.24) is 4.72 Å². The van der Waals surface area contributed by atoms with E-state index in [-0.39, 0.29) is 27.8 Å². The van der Waals surface area contributed by atoms with Crippen LogP contribution >= 0.6 is 11.6 Å². The summed E-state index contributed by atoms with van der Waals surface area (Å²) in [5.41, 5.74) is 0.0911. The van der Waals surface area contributed by atoms with Gasteiger partial charge in [-0.25, -0.2) is 13.2 Å². The Kier molecular flexibility index (Phi) is 6.55. The Morgan fingerprint density at radius 3 is 2.39 bits per heavy atom. The number of carbonyl (C=O) groups is 2. The van der Waals surface area contributed by atoms with E-state index in [1.54, 1.807) is 13.8 Å². The lowest BCUT2D eigenvalue weighted by atomic mass is 10.1. The van der Waals surface area contributed by atoms with E-state index in [1.807, 2.05) is 0 Å². The molecule has 1 aromatic rings. The van der Waals surface area contributed by atoms with Gasteiger partial charge in [0.15, 0.2) is 0 Å². The number of sulfonamides is 1. The summed E-state index contributed by atoms with van der Waals surface area (Å²) in [6, 6.07) is 2.26. The molecular weight excluding hydrogens is 346 g/mol. The first-order chi connectivity index (χ1) is 10.6. The summed E-state index contributed by atoms with van der Waals surface area (Å²) >= 11 is 5.91. The highest BCUT2D eigenvalue weighted by Gasteiger charge is 2.28. The molecule has 1 aromatic carbocycles. The molecule has 0 fully saturated rings. The monoisotopic (exact) mass is 363 g/mol. The molecule has 7 nitrogen and oxygen atoms in total. The van der Waals surface area contributed by atoms with Crippen molar-refractivity contribution in [1.29, 1.82) is 0 Å². The van der Waals surface area contributed by atoms with Gasteiger partial charge in [0.1, 0.15) is 10.9 Å². The fourth-order valence-corrected chi connectivity index (χ4v) is 3.63. The minimum absolute atomic E-state index is 0.0176. The molecule has 23 heavy (non-hydrogen) atoms. The third kappa shape index (κ3) is 5.19. The predicted octanol–water partition coefficient (Wildman–Crippen LogP) is 1.90. The number of ether oxygens (including phenoxy) is 1. The van der Waals surface area contributed by atoms with Gasteiger partial charge in [0, 0.05) is 0 Å². The Morgan fingerprint density at radius 2 is 1.96 bits per heavy atom. The van der Waals surface area contributed by atoms with Crippen LogP contribution in [-0.4, -0.2) is 38.6 Å². The predicted molar refractivity (Wildman–Crippen MR) is 84.0 cm³/mol. The van der Waals surface area contributed by atoms with Gasteiger partial charge >= 0.3 is 11.9 Å². The molecule has 0 bridgehead atoms. The van der Waals surface area contributed by atoms with Crippen LogP contribution in [0.5, 0.6) is 0 Å². The number of benzene rings is 1. The standard InChI is InChI=1S/C14H18ClNO6S/c1-8(2)6-11(13(17)18)16-23(20,21)12-5-4-9(7-10(12)15)14(19)22-3/h4-5,7-8,11,16H,6H2,1-3H3,(H,17,18). The average Bonchev–Trinajstić information content (AvgIpc) is 2.44. The van der Waals surface area contributed by atoms with E-state index in [0.29, 0.717) is 0 Å². The van der Waals surface area contributed by atoms with Gasteiger partial charge in [-0.05, 0) is 30.5 Å². The van der Waals surface area contributed by atoms with Crippen molar-refractivity contribution in [3.05, 3.63) is 28.8 Å². The van der Waals surface area contributed by atoms with Gasteiger partial charge in [0.25, 0.3) is 0 Å². The van der Waals surface area contributed by atoms with Crippen molar-refractivity contribution in [2.45, 2.75) is 31.2 Å². The van der Waals surface area contributed by atoms with Crippen LogP contribution in [0.2, 0.25) is 5.02 Å². The zero-order valence-electron chi connectivity index (χ0n) is 12.9. The van der Waals surface area contributed by atoms with Crippen molar-refractivity contribution >= 4 is 33.6 Å². The summed E-state index contributed by atoms with van der Waals surface area (Å²) < 4.78 is 31.3. The maximum atomic E-state index is 12.3. The fourth-order valence-electron chi connectivity index (χ4n) is 1.89. The molecule has 0 spiro atoms. The fraction of sp³-hybridized carbons (Fsp3) is 0.429. The Hall–Kier alpha value is -1.64. The molecule has 0 aliphatic carbocycles. The van der Waals surface area contributed by atoms with E-state index in [4.69, 9.17) is 16.7 Å². The van der Waals surface area contributed by atoms with Gasteiger partial charge in [0.05, 0.1) is 17.7 Å². The Labute approximate surface area is 139 Å². The van der Waals surface area contributed by atoms with E-state index >= 15 is 0 Å². The SMILES string of the molecule is COC(=O)c1ccc(S(=O)(=O)NC(CC(C)C)C(=O)O)c(Cl)c1. The van der Waals surface area contributed by atoms with Crippen molar-refractivity contribution in [2.75, 3.05) is 7.11 Å². The van der Waals surface area contributed by atoms with Crippen LogP contribution in [0.15, 0.2) is 23.1 Å². The second-order valence-corrected chi connectivity index (χ2v) is 7.37. The molecule has 1 unspecified atom stereocenters. The minimum atomic E-state index is -4.14. The number of aliphatic carboxylic acids is 1. The van der Waals surface area contributed by atoms with Gasteiger partial charge < -0.3 is 9.84 Å². The first-order valence-corrected chi connectivity index (χ1v) is 8.57. The molecule has 128 valence electrons. The highest BCUT2D eigenvalue weighted by atomic mass is 35.5. The zero-order chi connectivity index (χ0) is 17.8. The second-order valence-electron chi connectivity index (χ2n) is 5.28. The molecule has 1 atom stereocenters. The summed E-state index contributed by atoms with van der Waals surface area (Å²) in [4.78, 5) is 22.3. The van der Waals surface area contributed by atoms with Gasteiger partial charge in [-0.3, -0.25) is 4.79 Å². The molecule has 2 N–H and O–H groups in total. The molecule has 0 aromatic heterocycles. The van der Waals surface area contributed by atoms with Crippen LogP contribution in [0.1, 0.15) is 30.6 Å². The third-order valence-electron chi connectivity index (χ3n) is 2.95. The maximum absolute atomic E-state index is 12.3. The van der Waals surface area contributed by atoms with Gasteiger partial charge in [0.2, 0.25) is 10.0 Å². The lowest BCUT2D eigenvalue weighted by molar-refractivity contribution is -0.139. The summed E-state index contributed by atoms with van der Waals surface area (Å²) in [7, 11) is -2.96. The lowest BCUT2D eigenvalue weighted by Crippen LogP contribution is -2.41. The Morgan fingerprint density at radius 1 is 1.35 bits per heavy atom. The first kappa shape index (κ1) is 19.4. The second kappa shape index (κ2) is 7.76. The Balaban J connectivity index is 3.13. The van der Waals surface area contributed by atoms with Crippen LogP contribution in [-0.2, 0) is 19.6 Å². The summed E-state index contributed by atoms with van der Waals surface area (Å²) in [5, 5.41) is 8.93. The summed E-state index contributed by atoms with van der Waals surface area (Å²) in [6.45, 7) is 3.56. The van der Waals surface area contributed by atoms with Crippen LogP contribution in [0, 0.1) is 5.92 Å². The normalized spacial score (nSPS) is 12.9. The van der Waals surface area contributed by atoms with Gasteiger partial charge in [-0.15, -0.1) is 0 Å². The van der Waals surface area contributed by atoms with Crippen LogP contribution in [0.4, 0.5) is 0 Å². The smallest absolute Gasteiger partial charge is 0.337 e.